The topological polar surface area (TPSA) is 62.7 Å². The lowest BCUT2D eigenvalue weighted by Gasteiger charge is -2.21. The number of ether oxygens (including phenoxy) is 1. The van der Waals surface area contributed by atoms with Crippen molar-refractivity contribution < 1.29 is 27.5 Å². The number of nitrogens with zero attached hydrogens (tertiary/aromatic N) is 3. The van der Waals surface area contributed by atoms with Gasteiger partial charge in [-0.2, -0.15) is 13.2 Å². The first-order valence-corrected chi connectivity index (χ1v) is 11.7. The molecule has 1 saturated heterocycles. The third-order valence-corrected chi connectivity index (χ3v) is 6.70. The van der Waals surface area contributed by atoms with Crippen LogP contribution >= 0.6 is 11.8 Å². The lowest BCUT2D eigenvalue weighted by molar-refractivity contribution is -0.120. The molecule has 180 valence electrons. The molecule has 6 nitrogen and oxygen atoms in total. The van der Waals surface area contributed by atoms with Crippen LogP contribution in [0.25, 0.3) is 0 Å². The van der Waals surface area contributed by atoms with Crippen molar-refractivity contribution in [3.63, 3.8) is 0 Å². The molecule has 5 rings (SSSR count). The molecule has 1 spiro atoms. The van der Waals surface area contributed by atoms with Gasteiger partial charge in [0, 0.05) is 23.7 Å². The second-order valence-electron chi connectivity index (χ2n) is 8.36. The molecule has 3 amide bonds. The van der Waals surface area contributed by atoms with Crippen molar-refractivity contribution in [2.24, 2.45) is 0 Å². The molecule has 0 bridgehead atoms. The molecule has 1 aliphatic heterocycles. The molecule has 0 atom stereocenters. The Balaban J connectivity index is 1.31. The van der Waals surface area contributed by atoms with E-state index in [9.17, 15) is 22.8 Å². The maximum Gasteiger partial charge on any atom is 0.446 e. The van der Waals surface area contributed by atoms with Crippen LogP contribution in [0.1, 0.15) is 24.0 Å². The van der Waals surface area contributed by atoms with Crippen LogP contribution in [0.3, 0.4) is 0 Å². The molecule has 1 aromatic heterocycles. The molecule has 2 aromatic carbocycles. The largest absolute Gasteiger partial charge is 0.473 e. The second-order valence-corrected chi connectivity index (χ2v) is 9.50. The van der Waals surface area contributed by atoms with Gasteiger partial charge in [-0.25, -0.2) is 14.7 Å². The molecule has 2 fully saturated rings. The first-order valence-electron chi connectivity index (χ1n) is 10.9. The summed E-state index contributed by atoms with van der Waals surface area (Å²) < 4.78 is 43.6. The van der Waals surface area contributed by atoms with Gasteiger partial charge in [0.1, 0.15) is 12.1 Å². The molecular formula is C25H20F3N3O3S. The summed E-state index contributed by atoms with van der Waals surface area (Å²) in [6.07, 6.45) is 2.67. The van der Waals surface area contributed by atoms with Crippen LogP contribution < -0.4 is 9.64 Å². The molecule has 3 aromatic rings. The van der Waals surface area contributed by atoms with Crippen molar-refractivity contribution in [1.29, 1.82) is 0 Å². The third-order valence-electron chi connectivity index (χ3n) is 5.96. The zero-order valence-corrected chi connectivity index (χ0v) is 19.2. The van der Waals surface area contributed by atoms with Crippen molar-refractivity contribution in [2.45, 2.75) is 41.9 Å². The normalized spacial score (nSPS) is 16.8. The Kier molecular flexibility index (Phi) is 5.92. The molecule has 1 saturated carbocycles. The Labute approximate surface area is 203 Å². The number of anilines is 1. The first kappa shape index (κ1) is 23.2. The highest BCUT2D eigenvalue weighted by molar-refractivity contribution is 8.00. The average molecular weight is 500 g/mol. The number of imide groups is 1. The van der Waals surface area contributed by atoms with Gasteiger partial charge in [0.05, 0.1) is 5.69 Å². The fourth-order valence-electron chi connectivity index (χ4n) is 4.10. The van der Waals surface area contributed by atoms with Gasteiger partial charge in [-0.1, -0.05) is 30.3 Å². The summed E-state index contributed by atoms with van der Waals surface area (Å²) >= 11 is -0.245. The molecule has 0 N–H and O–H groups in total. The Bertz CT molecular complexity index is 1250. The number of hydrogen-bond donors (Lipinski definition) is 0. The minimum absolute atomic E-state index is 0.0156. The van der Waals surface area contributed by atoms with Gasteiger partial charge in [-0.05, 0) is 66.1 Å². The van der Waals surface area contributed by atoms with Gasteiger partial charge in [-0.3, -0.25) is 4.79 Å². The maximum absolute atomic E-state index is 13.3. The van der Waals surface area contributed by atoms with Gasteiger partial charge in [0.15, 0.2) is 0 Å². The van der Waals surface area contributed by atoms with Gasteiger partial charge in [-0.15, -0.1) is 0 Å². The number of hydrogen-bond acceptors (Lipinski definition) is 5. The SMILES string of the molecule is O=C1N(c2ccc(SC(F)(F)F)cc2)C(=O)C2(CC2)N1Cc1ccnc(OCc2ccccc2)c1. The fraction of sp³-hybridized carbons (Fsp3) is 0.240. The van der Waals surface area contributed by atoms with E-state index < -0.39 is 17.1 Å². The number of carbonyl (C=O) groups is 2. The monoisotopic (exact) mass is 499 g/mol. The number of pyridine rings is 1. The number of benzene rings is 2. The maximum atomic E-state index is 13.3. The lowest BCUT2D eigenvalue weighted by Crippen LogP contribution is -2.36. The molecule has 1 aliphatic carbocycles. The van der Waals surface area contributed by atoms with E-state index in [2.05, 4.69) is 4.98 Å². The number of amides is 3. The van der Waals surface area contributed by atoms with Crippen molar-refractivity contribution in [1.82, 2.24) is 9.88 Å². The highest BCUT2D eigenvalue weighted by Gasteiger charge is 2.65. The summed E-state index contributed by atoms with van der Waals surface area (Å²) in [4.78, 5) is 33.3. The van der Waals surface area contributed by atoms with Gasteiger partial charge < -0.3 is 9.64 Å². The van der Waals surface area contributed by atoms with Crippen molar-refractivity contribution >= 4 is 29.4 Å². The Morgan fingerprint density at radius 3 is 2.34 bits per heavy atom. The lowest BCUT2D eigenvalue weighted by atomic mass is 10.2. The number of urea groups is 1. The summed E-state index contributed by atoms with van der Waals surface area (Å²) in [5.74, 6) is 0.0529. The van der Waals surface area contributed by atoms with Crippen LogP contribution in [0.4, 0.5) is 23.7 Å². The number of aromatic nitrogens is 1. The third kappa shape index (κ3) is 4.84. The zero-order valence-electron chi connectivity index (χ0n) is 18.4. The highest BCUT2D eigenvalue weighted by atomic mass is 32.2. The second kappa shape index (κ2) is 8.92. The van der Waals surface area contributed by atoms with E-state index in [1.165, 1.54) is 29.2 Å². The van der Waals surface area contributed by atoms with E-state index in [-0.39, 0.29) is 34.8 Å². The zero-order chi connectivity index (χ0) is 24.6. The van der Waals surface area contributed by atoms with Crippen molar-refractivity contribution in [3.05, 3.63) is 84.1 Å². The van der Waals surface area contributed by atoms with Crippen LogP contribution in [0, 0.1) is 0 Å². The van der Waals surface area contributed by atoms with Gasteiger partial charge in [0.2, 0.25) is 5.88 Å². The van der Waals surface area contributed by atoms with Crippen LogP contribution in [0.2, 0.25) is 0 Å². The van der Waals surface area contributed by atoms with E-state index in [4.69, 9.17) is 4.74 Å². The summed E-state index contributed by atoms with van der Waals surface area (Å²) in [5, 5.41) is 0. The quantitative estimate of drug-likeness (QED) is 0.305. The fourth-order valence-corrected chi connectivity index (χ4v) is 4.64. The van der Waals surface area contributed by atoms with E-state index >= 15 is 0 Å². The summed E-state index contributed by atoms with van der Waals surface area (Å²) in [5.41, 5.74) is -3.32. The number of carbonyl (C=O) groups excluding carboxylic acids is 2. The van der Waals surface area contributed by atoms with Crippen molar-refractivity contribution in [3.8, 4) is 5.88 Å². The molecular weight excluding hydrogens is 479 g/mol. The average Bonchev–Trinajstić information content (AvgIpc) is 3.61. The Morgan fingerprint density at radius 1 is 0.971 bits per heavy atom. The number of thioether (sulfide) groups is 1. The van der Waals surface area contributed by atoms with Crippen molar-refractivity contribution in [2.75, 3.05) is 4.90 Å². The molecule has 0 unspecified atom stereocenters. The van der Waals surface area contributed by atoms with E-state index in [1.807, 2.05) is 30.3 Å². The van der Waals surface area contributed by atoms with E-state index in [1.54, 1.807) is 18.3 Å². The molecule has 0 radical (unpaired) electrons. The predicted octanol–water partition coefficient (Wildman–Crippen LogP) is 5.77. The van der Waals surface area contributed by atoms with Crippen LogP contribution in [0.5, 0.6) is 5.88 Å². The molecule has 10 heteroatoms. The van der Waals surface area contributed by atoms with Crippen LogP contribution in [-0.4, -0.2) is 32.9 Å². The minimum atomic E-state index is -4.41. The van der Waals surface area contributed by atoms with Crippen LogP contribution in [0.15, 0.2) is 77.8 Å². The van der Waals surface area contributed by atoms with E-state index in [0.29, 0.717) is 25.3 Å². The van der Waals surface area contributed by atoms with Gasteiger partial charge in [0.25, 0.3) is 5.91 Å². The number of alkyl halides is 3. The first-order chi connectivity index (χ1) is 16.7. The molecule has 2 aliphatic rings. The summed E-state index contributed by atoms with van der Waals surface area (Å²) in [7, 11) is 0. The van der Waals surface area contributed by atoms with Crippen LogP contribution in [-0.2, 0) is 17.9 Å². The summed E-state index contributed by atoms with van der Waals surface area (Å²) in [6.45, 7) is 0.534. The molecule has 35 heavy (non-hydrogen) atoms. The molecule has 2 heterocycles. The van der Waals surface area contributed by atoms with E-state index in [0.717, 1.165) is 16.0 Å². The predicted molar refractivity (Wildman–Crippen MR) is 124 cm³/mol. The number of rotatable bonds is 7. The standard InChI is InChI=1S/C25H20F3N3O3S/c26-25(27,28)35-20-8-6-19(7-9-20)31-22(32)24(11-12-24)30(23(31)33)15-18-10-13-29-21(14-18)34-16-17-4-2-1-3-5-17/h1-10,13-14H,11-12,15-16H2. The highest BCUT2D eigenvalue weighted by Crippen LogP contribution is 2.50. The smallest absolute Gasteiger partial charge is 0.446 e. The summed E-state index contributed by atoms with van der Waals surface area (Å²) in [6, 6.07) is 17.9. The Morgan fingerprint density at radius 2 is 1.69 bits per heavy atom. The Hall–Kier alpha value is -3.53. The van der Waals surface area contributed by atoms with Gasteiger partial charge >= 0.3 is 11.5 Å². The number of halogens is 3. The minimum Gasteiger partial charge on any atom is -0.473 e.